The molecule has 1 aliphatic carbocycles. The Morgan fingerprint density at radius 1 is 1.43 bits per heavy atom. The molecule has 2 saturated heterocycles. The monoisotopic (exact) mass is 332 g/mol. The fourth-order valence-corrected chi connectivity index (χ4v) is 5.23. The van der Waals surface area contributed by atoms with E-state index in [0.717, 1.165) is 0 Å². The Kier molecular flexibility index (Phi) is 3.40. The molecule has 21 heavy (non-hydrogen) atoms. The van der Waals surface area contributed by atoms with Gasteiger partial charge in [0.05, 0.1) is 0 Å². The third-order valence-corrected chi connectivity index (χ3v) is 6.35. The highest BCUT2D eigenvalue weighted by molar-refractivity contribution is 8.01. The fourth-order valence-electron chi connectivity index (χ4n) is 3.18. The first-order valence-corrected chi connectivity index (χ1v) is 8.21. The lowest BCUT2D eigenvalue weighted by molar-refractivity contribution is -0.161. The minimum Gasteiger partial charge on any atom is -0.480 e. The predicted octanol–water partition coefficient (Wildman–Crippen LogP) is 0.635. The van der Waals surface area contributed by atoms with Gasteiger partial charge in [-0.1, -0.05) is 0 Å². The highest BCUT2D eigenvalue weighted by Crippen LogP contribution is 2.50. The van der Waals surface area contributed by atoms with Crippen LogP contribution in [0.4, 0.5) is 0 Å². The number of alkyl halides is 1. The average molecular weight is 333 g/mol. The van der Waals surface area contributed by atoms with Crippen LogP contribution in [-0.4, -0.2) is 55.4 Å². The number of nitrogens with one attached hydrogen (secondary N) is 1. The van der Waals surface area contributed by atoms with Crippen molar-refractivity contribution in [3.05, 3.63) is 0 Å². The highest BCUT2D eigenvalue weighted by atomic mass is 35.5. The number of nitrogens with zero attached hydrogens (tertiary/aromatic N) is 1. The van der Waals surface area contributed by atoms with Gasteiger partial charge in [-0.15, -0.1) is 23.4 Å². The SMILES string of the molecule is CC1(C)S[C@@H]2[C@H](NC(=O)C3CC(Cl)C3)C(=O)N2[C@H]1C(=O)O. The highest BCUT2D eigenvalue weighted by Gasteiger charge is 2.64. The molecule has 0 aromatic rings. The van der Waals surface area contributed by atoms with Gasteiger partial charge in [0.25, 0.3) is 0 Å². The number of carboxylic acids is 1. The third kappa shape index (κ3) is 2.21. The second-order valence-corrected chi connectivity index (χ2v) is 8.74. The molecule has 2 N–H and O–H groups in total. The van der Waals surface area contributed by atoms with Crippen LogP contribution in [-0.2, 0) is 14.4 Å². The number of β-lactam (4-membered cyclic amide) rings is 1. The molecule has 1 saturated carbocycles. The first-order valence-electron chi connectivity index (χ1n) is 6.89. The second-order valence-electron chi connectivity index (χ2n) is 6.35. The number of amides is 2. The lowest BCUT2D eigenvalue weighted by Gasteiger charge is -2.44. The molecule has 0 unspecified atom stereocenters. The molecule has 6 nitrogen and oxygen atoms in total. The number of fused-ring (bicyclic) bond motifs is 1. The Labute approximate surface area is 131 Å². The summed E-state index contributed by atoms with van der Waals surface area (Å²) in [6, 6.07) is -1.45. The number of thioether (sulfide) groups is 1. The second kappa shape index (κ2) is 4.78. The average Bonchev–Trinajstić information content (AvgIpc) is 2.60. The Hall–Kier alpha value is -0.950. The molecule has 0 aromatic carbocycles. The fraction of sp³-hybridized carbons (Fsp3) is 0.769. The van der Waals surface area contributed by atoms with E-state index in [4.69, 9.17) is 11.6 Å². The molecule has 3 fully saturated rings. The van der Waals surface area contributed by atoms with Crippen molar-refractivity contribution in [2.45, 2.75) is 54.3 Å². The van der Waals surface area contributed by atoms with Crippen LogP contribution in [0.1, 0.15) is 26.7 Å². The molecule has 0 bridgehead atoms. The normalized spacial score (nSPS) is 40.0. The molecule has 0 aromatic heterocycles. The number of hydrogen-bond donors (Lipinski definition) is 2. The van der Waals surface area contributed by atoms with Gasteiger partial charge in [0.2, 0.25) is 11.8 Å². The zero-order valence-electron chi connectivity index (χ0n) is 11.7. The Bertz CT molecular complexity index is 520. The zero-order valence-corrected chi connectivity index (χ0v) is 13.3. The maximum atomic E-state index is 12.2. The predicted molar refractivity (Wildman–Crippen MR) is 78.0 cm³/mol. The molecule has 3 rings (SSSR count). The zero-order chi connectivity index (χ0) is 15.5. The summed E-state index contributed by atoms with van der Waals surface area (Å²) in [5.41, 5.74) is 0. The first-order chi connectivity index (χ1) is 9.72. The van der Waals surface area contributed by atoms with Crippen LogP contribution < -0.4 is 5.32 Å². The molecule has 8 heteroatoms. The maximum Gasteiger partial charge on any atom is 0.327 e. The molecule has 2 aliphatic heterocycles. The smallest absolute Gasteiger partial charge is 0.327 e. The van der Waals surface area contributed by atoms with Crippen molar-refractivity contribution in [1.82, 2.24) is 10.2 Å². The van der Waals surface area contributed by atoms with Gasteiger partial charge in [-0.05, 0) is 26.7 Å². The van der Waals surface area contributed by atoms with E-state index in [1.165, 1.54) is 16.7 Å². The van der Waals surface area contributed by atoms with E-state index in [2.05, 4.69) is 5.32 Å². The van der Waals surface area contributed by atoms with E-state index in [9.17, 15) is 19.5 Å². The van der Waals surface area contributed by atoms with Crippen LogP contribution in [0.5, 0.6) is 0 Å². The molecular weight excluding hydrogens is 316 g/mol. The van der Waals surface area contributed by atoms with Crippen LogP contribution in [0.2, 0.25) is 0 Å². The Morgan fingerprint density at radius 3 is 2.57 bits per heavy atom. The number of rotatable bonds is 3. The van der Waals surface area contributed by atoms with Crippen LogP contribution in [0.3, 0.4) is 0 Å². The van der Waals surface area contributed by atoms with Crippen molar-refractivity contribution >= 4 is 41.1 Å². The van der Waals surface area contributed by atoms with Crippen LogP contribution in [0, 0.1) is 5.92 Å². The lowest BCUT2D eigenvalue weighted by atomic mass is 9.83. The molecule has 0 radical (unpaired) electrons. The molecule has 116 valence electrons. The van der Waals surface area contributed by atoms with Gasteiger partial charge in [-0.2, -0.15) is 0 Å². The lowest BCUT2D eigenvalue weighted by Crippen LogP contribution is -2.71. The van der Waals surface area contributed by atoms with E-state index in [1.54, 1.807) is 0 Å². The molecule has 2 heterocycles. The summed E-state index contributed by atoms with van der Waals surface area (Å²) in [6.07, 6.45) is 1.28. The summed E-state index contributed by atoms with van der Waals surface area (Å²) < 4.78 is -0.566. The van der Waals surface area contributed by atoms with E-state index in [1.807, 2.05) is 13.8 Å². The van der Waals surface area contributed by atoms with Crippen molar-refractivity contribution < 1.29 is 19.5 Å². The van der Waals surface area contributed by atoms with Gasteiger partial charge in [0.1, 0.15) is 17.5 Å². The van der Waals surface area contributed by atoms with E-state index >= 15 is 0 Å². The third-order valence-electron chi connectivity index (χ3n) is 4.42. The van der Waals surface area contributed by atoms with Crippen LogP contribution in [0.15, 0.2) is 0 Å². The minimum atomic E-state index is -1.00. The first kappa shape index (κ1) is 15.0. The van der Waals surface area contributed by atoms with Crippen LogP contribution in [0.25, 0.3) is 0 Å². The van der Waals surface area contributed by atoms with Crippen molar-refractivity contribution in [3.8, 4) is 0 Å². The molecule has 3 aliphatic rings. The molecule has 2 amide bonds. The number of carboxylic acid groups (broad SMARTS) is 1. The molecule has 3 atom stereocenters. The van der Waals surface area contributed by atoms with Crippen molar-refractivity contribution in [1.29, 1.82) is 0 Å². The van der Waals surface area contributed by atoms with Gasteiger partial charge in [-0.25, -0.2) is 4.79 Å². The van der Waals surface area contributed by atoms with E-state index in [-0.39, 0.29) is 28.5 Å². The topological polar surface area (TPSA) is 86.7 Å². The number of aliphatic carboxylic acids is 1. The summed E-state index contributed by atoms with van der Waals surface area (Å²) in [6.45, 7) is 3.62. The summed E-state index contributed by atoms with van der Waals surface area (Å²) in [4.78, 5) is 37.0. The number of carbonyl (C=O) groups excluding carboxylic acids is 2. The number of hydrogen-bond acceptors (Lipinski definition) is 4. The quantitative estimate of drug-likeness (QED) is 0.585. The minimum absolute atomic E-state index is 0.0468. The van der Waals surface area contributed by atoms with Crippen molar-refractivity contribution in [3.63, 3.8) is 0 Å². The molecular formula is C13H17ClN2O4S. The number of halogens is 1. The summed E-state index contributed by atoms with van der Waals surface area (Å²) in [5, 5.41) is 11.8. The standard InChI is InChI=1S/C13H17ClN2O4S/c1-13(2)8(12(19)20)16-10(18)7(11(16)21-13)15-9(17)5-3-6(14)4-5/h5-8,11H,3-4H2,1-2H3,(H,15,17)(H,19,20)/t5?,6?,7-,8+,11-/m1/s1. The summed E-state index contributed by atoms with van der Waals surface area (Å²) in [7, 11) is 0. The summed E-state index contributed by atoms with van der Waals surface area (Å²) >= 11 is 7.29. The van der Waals surface area contributed by atoms with E-state index in [0.29, 0.717) is 12.8 Å². The van der Waals surface area contributed by atoms with Gasteiger partial charge >= 0.3 is 5.97 Å². The van der Waals surface area contributed by atoms with Gasteiger partial charge in [-0.3, -0.25) is 9.59 Å². The van der Waals surface area contributed by atoms with Crippen molar-refractivity contribution in [2.75, 3.05) is 0 Å². The molecule has 0 spiro atoms. The largest absolute Gasteiger partial charge is 0.480 e. The maximum absolute atomic E-state index is 12.2. The van der Waals surface area contributed by atoms with E-state index < -0.39 is 22.8 Å². The Balaban J connectivity index is 1.67. The Morgan fingerprint density at radius 2 is 2.05 bits per heavy atom. The summed E-state index contributed by atoms with van der Waals surface area (Å²) in [5.74, 6) is -1.58. The van der Waals surface area contributed by atoms with Gasteiger partial charge < -0.3 is 15.3 Å². The number of carbonyl (C=O) groups is 3. The van der Waals surface area contributed by atoms with Crippen LogP contribution >= 0.6 is 23.4 Å². The van der Waals surface area contributed by atoms with Crippen molar-refractivity contribution in [2.24, 2.45) is 5.92 Å². The van der Waals surface area contributed by atoms with Gasteiger partial charge in [0.15, 0.2) is 0 Å². The van der Waals surface area contributed by atoms with Gasteiger partial charge in [0, 0.05) is 16.0 Å².